The molecule has 4 N–H and O–H groups in total. The number of nitrogens with one attached hydrogen (secondary N) is 2. The number of imidazole rings is 1. The van der Waals surface area contributed by atoms with Crippen LogP contribution in [0.25, 0.3) is 11.2 Å². The van der Waals surface area contributed by atoms with Crippen molar-refractivity contribution in [3.05, 3.63) is 6.20 Å². The molecule has 0 atom stereocenters. The normalized spacial score (nSPS) is 10.4. The number of nitrogens with two attached hydrogens (primary N) is 1. The Labute approximate surface area is 68.2 Å². The highest BCUT2D eigenvalue weighted by molar-refractivity contribution is 5.73. The number of aromatic amines is 1. The zero-order valence-electron chi connectivity index (χ0n) is 6.50. The average molecular weight is 164 g/mol. The first-order chi connectivity index (χ1) is 5.79. The second-order valence-electron chi connectivity index (χ2n) is 2.30. The molecule has 0 spiro atoms. The van der Waals surface area contributed by atoms with Crippen LogP contribution in [0.15, 0.2) is 6.20 Å². The molecule has 2 aromatic rings. The van der Waals surface area contributed by atoms with Crippen LogP contribution in [0.5, 0.6) is 0 Å². The van der Waals surface area contributed by atoms with E-state index in [4.69, 9.17) is 5.73 Å². The standard InChI is InChI=1S/C6H8N6/c1-8-6-10-3-2-9-5(7)11-4(3)12-6/h2H,1H3,(H4,7,8,9,10,11,12). The molecule has 0 saturated carbocycles. The molecule has 2 heterocycles. The molecule has 0 saturated heterocycles. The van der Waals surface area contributed by atoms with E-state index in [1.165, 1.54) is 0 Å². The molecule has 6 nitrogen and oxygen atoms in total. The molecule has 0 radical (unpaired) electrons. The third kappa shape index (κ3) is 0.931. The summed E-state index contributed by atoms with van der Waals surface area (Å²) in [4.78, 5) is 14.8. The van der Waals surface area contributed by atoms with Gasteiger partial charge >= 0.3 is 0 Å². The second kappa shape index (κ2) is 2.33. The van der Waals surface area contributed by atoms with Crippen LogP contribution in [-0.2, 0) is 0 Å². The molecular weight excluding hydrogens is 156 g/mol. The molecule has 6 heteroatoms. The van der Waals surface area contributed by atoms with Crippen LogP contribution < -0.4 is 11.1 Å². The molecule has 0 bridgehead atoms. The van der Waals surface area contributed by atoms with Crippen molar-refractivity contribution in [3.63, 3.8) is 0 Å². The lowest BCUT2D eigenvalue weighted by atomic mass is 10.6. The number of hydrogen-bond acceptors (Lipinski definition) is 5. The van der Waals surface area contributed by atoms with Gasteiger partial charge in [0.05, 0.1) is 6.20 Å². The predicted molar refractivity (Wildman–Crippen MR) is 45.6 cm³/mol. The number of hydrogen-bond donors (Lipinski definition) is 3. The van der Waals surface area contributed by atoms with E-state index in [9.17, 15) is 0 Å². The van der Waals surface area contributed by atoms with Crippen LogP contribution in [0.3, 0.4) is 0 Å². The SMILES string of the molecule is CNc1nc2nc(N)ncc2[nH]1. The Kier molecular flexibility index (Phi) is 1.33. The summed E-state index contributed by atoms with van der Waals surface area (Å²) in [5.74, 6) is 0.890. The van der Waals surface area contributed by atoms with Crippen LogP contribution in [0, 0.1) is 0 Å². The molecule has 0 aliphatic heterocycles. The smallest absolute Gasteiger partial charge is 0.222 e. The van der Waals surface area contributed by atoms with Crippen molar-refractivity contribution in [1.82, 2.24) is 19.9 Å². The van der Waals surface area contributed by atoms with Crippen molar-refractivity contribution in [2.75, 3.05) is 18.1 Å². The van der Waals surface area contributed by atoms with E-state index in [2.05, 4.69) is 25.3 Å². The second-order valence-corrected chi connectivity index (χ2v) is 2.30. The fourth-order valence-corrected chi connectivity index (χ4v) is 0.939. The first kappa shape index (κ1) is 6.84. The molecule has 0 fully saturated rings. The topological polar surface area (TPSA) is 92.5 Å². The van der Waals surface area contributed by atoms with Gasteiger partial charge in [-0.2, -0.15) is 9.97 Å². The summed E-state index contributed by atoms with van der Waals surface area (Å²) in [5.41, 5.74) is 6.73. The lowest BCUT2D eigenvalue weighted by Crippen LogP contribution is -1.93. The van der Waals surface area contributed by atoms with Gasteiger partial charge in [0, 0.05) is 7.05 Å². The van der Waals surface area contributed by atoms with E-state index < -0.39 is 0 Å². The molecule has 0 aliphatic rings. The average Bonchev–Trinajstić information content (AvgIpc) is 2.46. The van der Waals surface area contributed by atoms with Gasteiger partial charge < -0.3 is 16.0 Å². The molecule has 62 valence electrons. The summed E-state index contributed by atoms with van der Waals surface area (Å²) in [6, 6.07) is 0. The highest BCUT2D eigenvalue weighted by Gasteiger charge is 2.02. The van der Waals surface area contributed by atoms with Crippen LogP contribution in [0.4, 0.5) is 11.9 Å². The first-order valence-corrected chi connectivity index (χ1v) is 3.45. The van der Waals surface area contributed by atoms with E-state index in [-0.39, 0.29) is 5.95 Å². The predicted octanol–water partition coefficient (Wildman–Crippen LogP) is -0.0232. The van der Waals surface area contributed by atoms with Crippen LogP contribution in [0.1, 0.15) is 0 Å². The zero-order valence-corrected chi connectivity index (χ0v) is 6.50. The molecule has 2 aromatic heterocycles. The van der Waals surface area contributed by atoms with E-state index in [1.807, 2.05) is 0 Å². The first-order valence-electron chi connectivity index (χ1n) is 3.45. The quantitative estimate of drug-likeness (QED) is 0.550. The van der Waals surface area contributed by atoms with E-state index in [0.717, 1.165) is 5.52 Å². The monoisotopic (exact) mass is 164 g/mol. The zero-order chi connectivity index (χ0) is 8.55. The van der Waals surface area contributed by atoms with Crippen molar-refractivity contribution in [1.29, 1.82) is 0 Å². The summed E-state index contributed by atoms with van der Waals surface area (Å²) in [7, 11) is 1.77. The number of anilines is 2. The Morgan fingerprint density at radius 1 is 1.50 bits per heavy atom. The fourth-order valence-electron chi connectivity index (χ4n) is 0.939. The molecule has 0 amide bonds. The van der Waals surface area contributed by atoms with E-state index in [0.29, 0.717) is 11.6 Å². The van der Waals surface area contributed by atoms with Gasteiger partial charge in [-0.15, -0.1) is 0 Å². The third-order valence-electron chi connectivity index (χ3n) is 1.49. The fraction of sp³-hybridized carbons (Fsp3) is 0.167. The maximum Gasteiger partial charge on any atom is 0.222 e. The molecular formula is C6H8N6. The number of nitrogen functional groups attached to an aromatic ring is 1. The lowest BCUT2D eigenvalue weighted by molar-refractivity contribution is 1.21. The van der Waals surface area contributed by atoms with Crippen molar-refractivity contribution in [2.45, 2.75) is 0 Å². The minimum Gasteiger partial charge on any atom is -0.368 e. The minimum atomic E-state index is 0.233. The summed E-state index contributed by atoms with van der Waals surface area (Å²) in [5, 5.41) is 2.86. The van der Waals surface area contributed by atoms with Crippen molar-refractivity contribution >= 4 is 23.1 Å². The van der Waals surface area contributed by atoms with Gasteiger partial charge in [0.15, 0.2) is 5.65 Å². The van der Waals surface area contributed by atoms with Crippen LogP contribution in [-0.4, -0.2) is 27.0 Å². The van der Waals surface area contributed by atoms with Gasteiger partial charge in [0.1, 0.15) is 5.52 Å². The number of H-pyrrole nitrogens is 1. The molecule has 0 unspecified atom stereocenters. The van der Waals surface area contributed by atoms with Crippen LogP contribution >= 0.6 is 0 Å². The molecule has 12 heavy (non-hydrogen) atoms. The number of nitrogens with zero attached hydrogens (tertiary/aromatic N) is 3. The van der Waals surface area contributed by atoms with Gasteiger partial charge in [-0.1, -0.05) is 0 Å². The molecule has 0 aliphatic carbocycles. The highest BCUT2D eigenvalue weighted by Crippen LogP contribution is 2.10. The van der Waals surface area contributed by atoms with Gasteiger partial charge in [0.25, 0.3) is 0 Å². The maximum absolute atomic E-state index is 5.38. The maximum atomic E-state index is 5.38. The van der Waals surface area contributed by atoms with Gasteiger partial charge in [0.2, 0.25) is 11.9 Å². The van der Waals surface area contributed by atoms with Crippen molar-refractivity contribution < 1.29 is 0 Å². The van der Waals surface area contributed by atoms with E-state index in [1.54, 1.807) is 13.2 Å². The van der Waals surface area contributed by atoms with E-state index >= 15 is 0 Å². The number of aromatic nitrogens is 4. The Bertz CT molecular complexity index is 405. The number of fused-ring (bicyclic) bond motifs is 1. The summed E-state index contributed by atoms with van der Waals surface area (Å²) < 4.78 is 0. The van der Waals surface area contributed by atoms with Gasteiger partial charge in [-0.25, -0.2) is 4.98 Å². The van der Waals surface area contributed by atoms with Crippen LogP contribution in [0.2, 0.25) is 0 Å². The van der Waals surface area contributed by atoms with Gasteiger partial charge in [-0.3, -0.25) is 0 Å². The third-order valence-corrected chi connectivity index (χ3v) is 1.49. The van der Waals surface area contributed by atoms with Gasteiger partial charge in [-0.05, 0) is 0 Å². The highest BCUT2D eigenvalue weighted by atomic mass is 15.1. The number of rotatable bonds is 1. The minimum absolute atomic E-state index is 0.233. The Balaban J connectivity index is 2.67. The lowest BCUT2D eigenvalue weighted by Gasteiger charge is -1.87. The summed E-state index contributed by atoms with van der Waals surface area (Å²) >= 11 is 0. The van der Waals surface area contributed by atoms with Crippen molar-refractivity contribution in [3.8, 4) is 0 Å². The Morgan fingerprint density at radius 3 is 3.08 bits per heavy atom. The largest absolute Gasteiger partial charge is 0.368 e. The summed E-state index contributed by atoms with van der Waals surface area (Å²) in [6.07, 6.45) is 1.60. The summed E-state index contributed by atoms with van der Waals surface area (Å²) in [6.45, 7) is 0. The Hall–Kier alpha value is -1.85. The Morgan fingerprint density at radius 2 is 2.33 bits per heavy atom. The molecule has 0 aromatic carbocycles. The molecule has 2 rings (SSSR count). The van der Waals surface area contributed by atoms with Crippen molar-refractivity contribution in [2.24, 2.45) is 0 Å².